The Bertz CT molecular complexity index is 1350. The monoisotopic (exact) mass is 457 g/mol. The molecule has 0 fully saturated rings. The van der Waals surface area contributed by atoms with Crippen molar-refractivity contribution in [1.29, 1.82) is 0 Å². The summed E-state index contributed by atoms with van der Waals surface area (Å²) >= 11 is 12.0. The number of fused-ring (bicyclic) bond motifs is 1. The summed E-state index contributed by atoms with van der Waals surface area (Å²) < 4.78 is 15.7. The highest BCUT2D eigenvalue weighted by atomic mass is 35.5. The molecule has 2 heterocycles. The van der Waals surface area contributed by atoms with Crippen molar-refractivity contribution >= 4 is 45.9 Å². The summed E-state index contributed by atoms with van der Waals surface area (Å²) in [6.45, 7) is 3.97. The highest BCUT2D eigenvalue weighted by molar-refractivity contribution is 6.38. The summed E-state index contributed by atoms with van der Waals surface area (Å²) in [4.78, 5) is 25.1. The number of nitrogens with zero attached hydrogens (tertiary/aromatic N) is 2. The van der Waals surface area contributed by atoms with Crippen LogP contribution in [0, 0.1) is 0 Å². The number of halogens is 2. The van der Waals surface area contributed by atoms with Crippen molar-refractivity contribution in [2.75, 3.05) is 11.9 Å². The summed E-state index contributed by atoms with van der Waals surface area (Å²) in [5, 5.41) is 10.6. The minimum atomic E-state index is -0.729. The van der Waals surface area contributed by atoms with Crippen LogP contribution in [0.1, 0.15) is 10.6 Å². The molecule has 0 atom stereocenters. The highest BCUT2D eigenvalue weighted by Crippen LogP contribution is 2.29. The van der Waals surface area contributed by atoms with Crippen LogP contribution in [-0.2, 0) is 0 Å². The van der Waals surface area contributed by atoms with Gasteiger partial charge in [0.05, 0.1) is 10.4 Å². The molecule has 0 saturated heterocycles. The van der Waals surface area contributed by atoms with Crippen LogP contribution in [0.5, 0.6) is 5.75 Å². The fourth-order valence-corrected chi connectivity index (χ4v) is 3.32. The lowest BCUT2D eigenvalue weighted by Gasteiger charge is -2.06. The van der Waals surface area contributed by atoms with E-state index < -0.39 is 11.3 Å². The number of aromatic nitrogens is 2. The van der Waals surface area contributed by atoms with Gasteiger partial charge in [-0.1, -0.05) is 35.9 Å². The second-order valence-corrected chi connectivity index (χ2v) is 7.12. The number of anilines is 1. The topological polar surface area (TPSA) is 107 Å². The summed E-state index contributed by atoms with van der Waals surface area (Å²) in [6, 6.07) is 10.8. The first kappa shape index (κ1) is 20.6. The van der Waals surface area contributed by atoms with Crippen molar-refractivity contribution in [3.63, 3.8) is 0 Å². The quantitative estimate of drug-likeness (QED) is 0.407. The fourth-order valence-electron chi connectivity index (χ4n) is 2.79. The van der Waals surface area contributed by atoms with Gasteiger partial charge in [0.1, 0.15) is 12.4 Å². The smallest absolute Gasteiger partial charge is 0.292 e. The molecule has 0 spiro atoms. The summed E-state index contributed by atoms with van der Waals surface area (Å²) in [5.74, 6) is -0.299. The Morgan fingerprint density at radius 2 is 1.94 bits per heavy atom. The second kappa shape index (κ2) is 8.63. The maximum atomic E-state index is 12.7. The van der Waals surface area contributed by atoms with Gasteiger partial charge < -0.3 is 9.15 Å². The molecule has 0 saturated carbocycles. The maximum Gasteiger partial charge on any atom is 0.292 e. The zero-order chi connectivity index (χ0) is 22.0. The zero-order valence-corrected chi connectivity index (χ0v) is 17.2. The van der Waals surface area contributed by atoms with Crippen LogP contribution in [-0.4, -0.2) is 22.8 Å². The lowest BCUT2D eigenvalue weighted by Crippen LogP contribution is -2.15. The number of hydrogen-bond donors (Lipinski definition) is 1. The molecule has 8 nitrogen and oxygen atoms in total. The molecule has 10 heteroatoms. The summed E-state index contributed by atoms with van der Waals surface area (Å²) in [7, 11) is 0. The number of nitrogens with one attached hydrogen (secondary N) is 1. The SMILES string of the molecule is C=CCOc1ccc(-c2nonc2NC(=O)c2cc(=O)c3cc(Cl)cc(Cl)c3o2)cc1. The molecule has 4 rings (SSSR count). The lowest BCUT2D eigenvalue weighted by molar-refractivity contribution is 0.0996. The van der Waals surface area contributed by atoms with Crippen molar-refractivity contribution < 1.29 is 18.6 Å². The molecular formula is C21H13Cl2N3O5. The average Bonchev–Trinajstić information content (AvgIpc) is 3.21. The fraction of sp³-hybridized carbons (Fsp3) is 0.0476. The Balaban J connectivity index is 1.61. The number of hydrogen-bond acceptors (Lipinski definition) is 7. The van der Waals surface area contributed by atoms with E-state index in [1.165, 1.54) is 12.1 Å². The molecule has 2 aromatic heterocycles. The van der Waals surface area contributed by atoms with E-state index >= 15 is 0 Å². The van der Waals surface area contributed by atoms with Crippen LogP contribution < -0.4 is 15.5 Å². The summed E-state index contributed by atoms with van der Waals surface area (Å²) in [5.41, 5.74) is 0.499. The number of benzene rings is 2. The summed E-state index contributed by atoms with van der Waals surface area (Å²) in [6.07, 6.45) is 1.63. The van der Waals surface area contributed by atoms with Crippen molar-refractivity contribution in [1.82, 2.24) is 10.3 Å². The van der Waals surface area contributed by atoms with Crippen molar-refractivity contribution in [2.24, 2.45) is 0 Å². The van der Waals surface area contributed by atoms with Gasteiger partial charge >= 0.3 is 0 Å². The molecule has 1 N–H and O–H groups in total. The third-order valence-electron chi connectivity index (χ3n) is 4.19. The van der Waals surface area contributed by atoms with E-state index in [0.29, 0.717) is 17.9 Å². The molecule has 2 aromatic carbocycles. The Hall–Kier alpha value is -3.62. The van der Waals surface area contributed by atoms with E-state index in [2.05, 4.69) is 22.2 Å². The van der Waals surface area contributed by atoms with Gasteiger partial charge in [0, 0.05) is 16.7 Å². The molecule has 0 aliphatic heterocycles. The molecule has 4 aromatic rings. The number of carbonyl (C=O) groups is 1. The number of rotatable bonds is 6. The minimum absolute atomic E-state index is 0.0507. The van der Waals surface area contributed by atoms with Gasteiger partial charge in [-0.3, -0.25) is 14.9 Å². The van der Waals surface area contributed by atoms with Crippen LogP contribution in [0.3, 0.4) is 0 Å². The van der Waals surface area contributed by atoms with Crippen molar-refractivity contribution in [3.05, 3.63) is 81.1 Å². The van der Waals surface area contributed by atoms with E-state index in [1.807, 2.05) is 0 Å². The van der Waals surface area contributed by atoms with E-state index in [4.69, 9.17) is 37.0 Å². The molecule has 0 aliphatic rings. The molecule has 1 amide bonds. The van der Waals surface area contributed by atoms with Crippen LogP contribution in [0.4, 0.5) is 5.82 Å². The molecule has 0 radical (unpaired) electrons. The Morgan fingerprint density at radius 1 is 1.16 bits per heavy atom. The zero-order valence-electron chi connectivity index (χ0n) is 15.7. The molecular weight excluding hydrogens is 445 g/mol. The predicted octanol–water partition coefficient (Wildman–Crippen LogP) is 4.97. The normalized spacial score (nSPS) is 10.8. The number of ether oxygens (including phenoxy) is 1. The molecule has 0 bridgehead atoms. The minimum Gasteiger partial charge on any atom is -0.490 e. The van der Waals surface area contributed by atoms with Crippen molar-refractivity contribution in [3.8, 4) is 17.0 Å². The van der Waals surface area contributed by atoms with E-state index in [-0.39, 0.29) is 38.3 Å². The second-order valence-electron chi connectivity index (χ2n) is 6.28. The highest BCUT2D eigenvalue weighted by Gasteiger charge is 2.20. The third-order valence-corrected chi connectivity index (χ3v) is 4.69. The van der Waals surface area contributed by atoms with E-state index in [1.54, 1.807) is 30.3 Å². The Kier molecular flexibility index (Phi) is 5.75. The molecule has 156 valence electrons. The lowest BCUT2D eigenvalue weighted by atomic mass is 10.1. The number of carbonyl (C=O) groups excluding carboxylic acids is 1. The van der Waals surface area contributed by atoms with Crippen LogP contribution in [0.25, 0.3) is 22.2 Å². The van der Waals surface area contributed by atoms with Gasteiger partial charge in [-0.25, -0.2) is 4.63 Å². The molecule has 0 aliphatic carbocycles. The molecule has 31 heavy (non-hydrogen) atoms. The van der Waals surface area contributed by atoms with Crippen LogP contribution in [0.15, 0.2) is 69.0 Å². The Morgan fingerprint density at radius 3 is 2.68 bits per heavy atom. The van der Waals surface area contributed by atoms with Gasteiger partial charge in [-0.05, 0) is 46.7 Å². The number of amides is 1. The first-order valence-corrected chi connectivity index (χ1v) is 9.63. The average molecular weight is 458 g/mol. The van der Waals surface area contributed by atoms with Crippen molar-refractivity contribution in [2.45, 2.75) is 0 Å². The third kappa shape index (κ3) is 4.30. The first-order chi connectivity index (χ1) is 15.0. The predicted molar refractivity (Wildman–Crippen MR) is 116 cm³/mol. The van der Waals surface area contributed by atoms with Gasteiger partial charge in [-0.2, -0.15) is 0 Å². The standard InChI is InChI=1S/C21H13Cl2N3O5/c1-2-7-29-13-5-3-11(4-6-13)18-20(26-31-25-18)24-21(28)17-10-16(27)14-8-12(22)9-15(23)19(14)30-17/h2-6,8-10H,1,7H2,(H,24,26,28). The van der Waals surface area contributed by atoms with Gasteiger partial charge in [-0.15, -0.1) is 0 Å². The van der Waals surface area contributed by atoms with E-state index in [0.717, 1.165) is 6.07 Å². The van der Waals surface area contributed by atoms with Gasteiger partial charge in [0.2, 0.25) is 5.82 Å². The first-order valence-electron chi connectivity index (χ1n) is 8.87. The molecule has 0 unspecified atom stereocenters. The maximum absolute atomic E-state index is 12.7. The van der Waals surface area contributed by atoms with Gasteiger partial charge in [0.15, 0.2) is 22.5 Å². The van der Waals surface area contributed by atoms with Crippen LogP contribution in [0.2, 0.25) is 10.0 Å². The van der Waals surface area contributed by atoms with Crippen LogP contribution >= 0.6 is 23.2 Å². The largest absolute Gasteiger partial charge is 0.490 e. The van der Waals surface area contributed by atoms with E-state index in [9.17, 15) is 9.59 Å². The van der Waals surface area contributed by atoms with Gasteiger partial charge in [0.25, 0.3) is 5.91 Å². The Labute approximate surface area is 185 Å².